The van der Waals surface area contributed by atoms with Gasteiger partial charge >= 0.3 is 0 Å². The highest BCUT2D eigenvalue weighted by Crippen LogP contribution is 2.37. The van der Waals surface area contributed by atoms with Crippen molar-refractivity contribution < 1.29 is 19.7 Å². The molecule has 2 atom stereocenters. The average molecular weight is 521 g/mol. The normalized spacial score (nSPS) is 16.7. The maximum Gasteiger partial charge on any atom is 0.248 e. The highest BCUT2D eigenvalue weighted by Gasteiger charge is 2.31. The summed E-state index contributed by atoms with van der Waals surface area (Å²) in [6.07, 6.45) is -0.705. The molecule has 0 bridgehead atoms. The molecular weight excluding hydrogens is 492 g/mol. The van der Waals surface area contributed by atoms with Crippen molar-refractivity contribution in [2.75, 3.05) is 44.3 Å². The molecule has 192 valence electrons. The fourth-order valence-corrected chi connectivity index (χ4v) is 4.83. The number of halogens is 1. The van der Waals surface area contributed by atoms with Crippen molar-refractivity contribution in [3.05, 3.63) is 94.0 Å². The summed E-state index contributed by atoms with van der Waals surface area (Å²) < 4.78 is 5.49. The number of ether oxygens (including phenoxy) is 1. The first-order valence-corrected chi connectivity index (χ1v) is 12.4. The van der Waals surface area contributed by atoms with Crippen LogP contribution in [0, 0.1) is 11.3 Å². The van der Waals surface area contributed by atoms with E-state index in [2.05, 4.69) is 15.9 Å². The van der Waals surface area contributed by atoms with Crippen molar-refractivity contribution in [3.8, 4) is 11.8 Å². The number of nitrogens with two attached hydrogens (primary N) is 1. The summed E-state index contributed by atoms with van der Waals surface area (Å²) in [4.78, 5) is 16.0. The Hall–Kier alpha value is -3.61. The number of benzene rings is 3. The summed E-state index contributed by atoms with van der Waals surface area (Å²) in [6, 6.07) is 21.6. The number of carbonyl (C=O) groups is 1. The van der Waals surface area contributed by atoms with Gasteiger partial charge in [0.25, 0.3) is 0 Å². The maximum atomic E-state index is 11.6. The zero-order chi connectivity index (χ0) is 26.4. The van der Waals surface area contributed by atoms with Gasteiger partial charge in [0, 0.05) is 37.8 Å². The smallest absolute Gasteiger partial charge is 0.248 e. The molecule has 0 saturated carbocycles. The van der Waals surface area contributed by atoms with Crippen molar-refractivity contribution in [3.63, 3.8) is 0 Å². The van der Waals surface area contributed by atoms with Gasteiger partial charge in [0.1, 0.15) is 12.4 Å². The first-order valence-electron chi connectivity index (χ1n) is 12.0. The number of β-amino-alcohol motifs (C(OH)–C–C–N with tert-alkyl or cyclic N) is 1. The molecule has 1 unspecified atom stereocenters. The van der Waals surface area contributed by atoms with E-state index in [1.54, 1.807) is 42.5 Å². The largest absolute Gasteiger partial charge is 0.491 e. The number of aliphatic hydroxyl groups excluding tert-OH is 2. The van der Waals surface area contributed by atoms with E-state index in [4.69, 9.17) is 32.4 Å². The van der Waals surface area contributed by atoms with Gasteiger partial charge in [-0.3, -0.25) is 9.69 Å². The summed E-state index contributed by atoms with van der Waals surface area (Å²) in [5.74, 6) is 0.0927. The predicted octanol–water partition coefficient (Wildman–Crippen LogP) is 3.28. The second kappa shape index (κ2) is 12.1. The number of nitriles is 1. The Morgan fingerprint density at radius 1 is 1.14 bits per heavy atom. The molecule has 8 nitrogen and oxygen atoms in total. The lowest BCUT2D eigenvalue weighted by atomic mass is 9.99. The summed E-state index contributed by atoms with van der Waals surface area (Å²) in [5, 5.41) is 29.5. The Morgan fingerprint density at radius 3 is 2.49 bits per heavy atom. The number of nitrogens with zero attached hydrogens (tertiary/aromatic N) is 3. The molecule has 0 aliphatic carbocycles. The van der Waals surface area contributed by atoms with E-state index in [0.717, 1.165) is 16.8 Å². The Kier molecular flexibility index (Phi) is 8.64. The first kappa shape index (κ1) is 26.5. The Labute approximate surface area is 221 Å². The van der Waals surface area contributed by atoms with Gasteiger partial charge in [0.05, 0.1) is 41.1 Å². The van der Waals surface area contributed by atoms with Crippen LogP contribution in [0.3, 0.4) is 0 Å². The van der Waals surface area contributed by atoms with Crippen molar-refractivity contribution in [1.29, 1.82) is 5.26 Å². The highest BCUT2D eigenvalue weighted by atomic mass is 35.5. The molecule has 1 heterocycles. The fourth-order valence-electron chi connectivity index (χ4n) is 4.55. The predicted molar refractivity (Wildman–Crippen MR) is 142 cm³/mol. The van der Waals surface area contributed by atoms with E-state index < -0.39 is 12.0 Å². The minimum absolute atomic E-state index is 0.0843. The van der Waals surface area contributed by atoms with Gasteiger partial charge < -0.3 is 25.6 Å². The van der Waals surface area contributed by atoms with Gasteiger partial charge in [0.2, 0.25) is 5.91 Å². The average Bonchev–Trinajstić information content (AvgIpc) is 2.92. The lowest BCUT2D eigenvalue weighted by Gasteiger charge is -2.44. The molecule has 1 aliphatic rings. The molecular formula is C28H29ClN4O4. The Morgan fingerprint density at radius 2 is 1.86 bits per heavy atom. The molecule has 3 aromatic carbocycles. The molecule has 1 amide bonds. The van der Waals surface area contributed by atoms with Crippen LogP contribution in [-0.4, -0.2) is 60.4 Å². The lowest BCUT2D eigenvalue weighted by molar-refractivity contribution is 0.0995. The summed E-state index contributed by atoms with van der Waals surface area (Å²) >= 11 is 6.66. The number of rotatable bonds is 9. The fraction of sp³-hybridized carbons (Fsp3) is 0.286. The van der Waals surface area contributed by atoms with Crippen LogP contribution in [-0.2, 0) is 0 Å². The number of hydrogen-bond acceptors (Lipinski definition) is 7. The molecule has 1 saturated heterocycles. The van der Waals surface area contributed by atoms with Crippen molar-refractivity contribution in [2.24, 2.45) is 5.73 Å². The van der Waals surface area contributed by atoms with E-state index in [9.17, 15) is 9.90 Å². The minimum atomic E-state index is -0.705. The molecule has 1 aliphatic heterocycles. The Balaban J connectivity index is 1.58. The van der Waals surface area contributed by atoms with Gasteiger partial charge in [-0.2, -0.15) is 5.26 Å². The molecule has 4 rings (SSSR count). The topological polar surface area (TPSA) is 123 Å². The van der Waals surface area contributed by atoms with Gasteiger partial charge in [0.15, 0.2) is 0 Å². The lowest BCUT2D eigenvalue weighted by Crippen LogP contribution is -2.49. The quantitative estimate of drug-likeness (QED) is 0.395. The number of hydrogen-bond donors (Lipinski definition) is 3. The van der Waals surface area contributed by atoms with Crippen molar-refractivity contribution in [1.82, 2.24) is 4.90 Å². The molecule has 1 fully saturated rings. The van der Waals surface area contributed by atoms with Gasteiger partial charge in [-0.1, -0.05) is 35.9 Å². The number of piperazine rings is 1. The van der Waals surface area contributed by atoms with Crippen LogP contribution >= 0.6 is 11.6 Å². The molecule has 37 heavy (non-hydrogen) atoms. The molecule has 0 spiro atoms. The number of aliphatic hydroxyl groups is 2. The standard InChI is InChI=1S/C28H29ClN4O4/c29-24-15-23(37-14-13-34)9-10-25(24)33-12-11-32(18-27(35)21-3-1-19(16-30)2-4-21)17-26(33)20-5-7-22(8-6-20)28(31)36/h1-10,15,26-27,34-35H,11-14,17-18H2,(H2,31,36)/t26-,27?/m0/s1. The second-order valence-corrected chi connectivity index (χ2v) is 9.30. The van der Waals surface area contributed by atoms with Gasteiger partial charge in [-0.15, -0.1) is 0 Å². The third-order valence-corrected chi connectivity index (χ3v) is 6.79. The van der Waals surface area contributed by atoms with E-state index in [-0.39, 0.29) is 19.3 Å². The molecule has 4 N–H and O–H groups in total. The van der Waals surface area contributed by atoms with E-state index >= 15 is 0 Å². The summed E-state index contributed by atoms with van der Waals surface area (Å²) in [5.41, 5.74) is 9.00. The van der Waals surface area contributed by atoms with Crippen LogP contribution in [0.1, 0.15) is 39.2 Å². The third-order valence-electron chi connectivity index (χ3n) is 6.49. The monoisotopic (exact) mass is 520 g/mol. The van der Waals surface area contributed by atoms with Gasteiger partial charge in [-0.05, 0) is 47.5 Å². The zero-order valence-corrected chi connectivity index (χ0v) is 21.0. The number of amides is 1. The van der Waals surface area contributed by atoms with Crippen LogP contribution < -0.4 is 15.4 Å². The van der Waals surface area contributed by atoms with E-state index in [1.807, 2.05) is 24.3 Å². The van der Waals surface area contributed by atoms with Crippen LogP contribution in [0.15, 0.2) is 66.7 Å². The number of anilines is 1. The highest BCUT2D eigenvalue weighted by molar-refractivity contribution is 6.33. The van der Waals surface area contributed by atoms with E-state index in [1.165, 1.54) is 0 Å². The maximum absolute atomic E-state index is 11.6. The molecule has 9 heteroatoms. The van der Waals surface area contributed by atoms with Gasteiger partial charge in [-0.25, -0.2) is 0 Å². The van der Waals surface area contributed by atoms with E-state index in [0.29, 0.717) is 48.1 Å². The molecule has 0 radical (unpaired) electrons. The molecule has 0 aromatic heterocycles. The zero-order valence-electron chi connectivity index (χ0n) is 20.3. The van der Waals surface area contributed by atoms with Crippen LogP contribution in [0.5, 0.6) is 5.75 Å². The first-order chi connectivity index (χ1) is 17.9. The second-order valence-electron chi connectivity index (χ2n) is 8.89. The van der Waals surface area contributed by atoms with Crippen LogP contribution in [0.2, 0.25) is 5.02 Å². The van der Waals surface area contributed by atoms with Crippen LogP contribution in [0.25, 0.3) is 0 Å². The summed E-state index contributed by atoms with van der Waals surface area (Å²) in [6.45, 7) is 2.49. The Bertz CT molecular complexity index is 1260. The van der Waals surface area contributed by atoms with Crippen molar-refractivity contribution >= 4 is 23.2 Å². The molecule has 3 aromatic rings. The minimum Gasteiger partial charge on any atom is -0.491 e. The third kappa shape index (κ3) is 6.40. The summed E-state index contributed by atoms with van der Waals surface area (Å²) in [7, 11) is 0. The number of primary amides is 1. The SMILES string of the molecule is N#Cc1ccc(C(O)CN2CCN(c3ccc(OCCO)cc3Cl)[C@H](c3ccc(C(N)=O)cc3)C2)cc1. The van der Waals surface area contributed by atoms with Crippen LogP contribution in [0.4, 0.5) is 5.69 Å². The van der Waals surface area contributed by atoms with Crippen molar-refractivity contribution in [2.45, 2.75) is 12.1 Å². The number of carbonyl (C=O) groups excluding carboxylic acids is 1.